The fourth-order valence-corrected chi connectivity index (χ4v) is 2.28. The molecule has 3 nitrogen and oxygen atoms in total. The predicted molar refractivity (Wildman–Crippen MR) is 63.3 cm³/mol. The highest BCUT2D eigenvalue weighted by atomic mass is 19.1. The van der Waals surface area contributed by atoms with Crippen molar-refractivity contribution in [2.24, 2.45) is 0 Å². The Kier molecular flexibility index (Phi) is 5.12. The molecule has 1 rings (SSSR count). The van der Waals surface area contributed by atoms with Crippen LogP contribution in [0, 0.1) is 0 Å². The van der Waals surface area contributed by atoms with Crippen LogP contribution in [0.1, 0.15) is 45.4 Å². The van der Waals surface area contributed by atoms with E-state index in [1.807, 2.05) is 0 Å². The van der Waals surface area contributed by atoms with Gasteiger partial charge in [0.1, 0.15) is 5.60 Å². The summed E-state index contributed by atoms with van der Waals surface area (Å²) in [7, 11) is 0. The second-order valence-corrected chi connectivity index (χ2v) is 4.79. The Morgan fingerprint density at radius 1 is 1.59 bits per heavy atom. The van der Waals surface area contributed by atoms with Gasteiger partial charge in [-0.2, -0.15) is 0 Å². The van der Waals surface area contributed by atoms with Crippen molar-refractivity contribution in [3.8, 4) is 0 Å². The maximum atomic E-state index is 12.1. The first-order valence-corrected chi connectivity index (χ1v) is 6.15. The number of halogens is 1. The van der Waals surface area contributed by atoms with Crippen LogP contribution in [0.3, 0.4) is 0 Å². The zero-order valence-corrected chi connectivity index (χ0v) is 10.4. The molecule has 0 aromatic heterocycles. The molecule has 0 bridgehead atoms. The van der Waals surface area contributed by atoms with E-state index in [1.165, 1.54) is 0 Å². The molecule has 2 unspecified atom stereocenters. The minimum absolute atomic E-state index is 0.328. The van der Waals surface area contributed by atoms with Gasteiger partial charge in [-0.1, -0.05) is 6.58 Å². The van der Waals surface area contributed by atoms with E-state index in [0.717, 1.165) is 6.42 Å². The normalized spacial score (nSPS) is 28.1. The summed E-state index contributed by atoms with van der Waals surface area (Å²) in [5.74, 6) is -0.466. The van der Waals surface area contributed by atoms with Crippen LogP contribution in [0.5, 0.6) is 0 Å². The summed E-state index contributed by atoms with van der Waals surface area (Å²) in [5.41, 5.74) is -0.487. The van der Waals surface area contributed by atoms with Crippen LogP contribution >= 0.6 is 0 Å². The van der Waals surface area contributed by atoms with Gasteiger partial charge in [-0.25, -0.2) is 4.79 Å². The first-order chi connectivity index (χ1) is 8.02. The third-order valence-corrected chi connectivity index (χ3v) is 3.31. The maximum Gasteiger partial charge on any atom is 0.333 e. The molecule has 0 amide bonds. The molecule has 98 valence electrons. The molecule has 0 aromatic carbocycles. The van der Waals surface area contributed by atoms with E-state index in [9.17, 15) is 14.3 Å². The Bertz CT molecular complexity index is 290. The topological polar surface area (TPSA) is 46.5 Å². The van der Waals surface area contributed by atoms with Crippen LogP contribution in [0.25, 0.3) is 0 Å². The zero-order chi connectivity index (χ0) is 12.9. The van der Waals surface area contributed by atoms with Gasteiger partial charge in [-0.3, -0.25) is 4.39 Å². The first kappa shape index (κ1) is 14.2. The van der Waals surface area contributed by atoms with Gasteiger partial charge in [0.25, 0.3) is 0 Å². The Morgan fingerprint density at radius 3 is 2.76 bits per heavy atom. The molecule has 0 spiro atoms. The maximum absolute atomic E-state index is 12.1. The monoisotopic (exact) mass is 244 g/mol. The number of esters is 1. The standard InChI is InChI=1S/C13H21FO3/c1-10(2)12(16)17-13(7-3-4-9-14)8-5-6-11(13)15/h11,15H,1,3-9H2,2H3. The molecule has 4 heteroatoms. The molecule has 1 aliphatic rings. The lowest BCUT2D eigenvalue weighted by atomic mass is 9.92. The number of hydrogen-bond acceptors (Lipinski definition) is 3. The smallest absolute Gasteiger partial charge is 0.333 e. The molecule has 1 N–H and O–H groups in total. The van der Waals surface area contributed by atoms with Crippen LogP contribution in [0.15, 0.2) is 12.2 Å². The number of alkyl halides is 1. The minimum atomic E-state index is -0.814. The van der Waals surface area contributed by atoms with Crippen molar-refractivity contribution in [1.29, 1.82) is 0 Å². The molecule has 0 radical (unpaired) electrons. The molecule has 0 aliphatic heterocycles. The van der Waals surface area contributed by atoms with Gasteiger partial charge in [0, 0.05) is 5.57 Å². The van der Waals surface area contributed by atoms with Crippen LogP contribution in [0.4, 0.5) is 4.39 Å². The number of aliphatic hydroxyl groups is 1. The summed E-state index contributed by atoms with van der Waals surface area (Å²) >= 11 is 0. The average molecular weight is 244 g/mol. The number of ether oxygens (including phenoxy) is 1. The highest BCUT2D eigenvalue weighted by molar-refractivity contribution is 5.87. The van der Waals surface area contributed by atoms with Crippen molar-refractivity contribution in [3.63, 3.8) is 0 Å². The number of aliphatic hydroxyl groups excluding tert-OH is 1. The van der Waals surface area contributed by atoms with Crippen LogP contribution < -0.4 is 0 Å². The largest absolute Gasteiger partial charge is 0.453 e. The van der Waals surface area contributed by atoms with E-state index in [1.54, 1.807) is 6.92 Å². The van der Waals surface area contributed by atoms with E-state index in [0.29, 0.717) is 37.7 Å². The summed E-state index contributed by atoms with van der Waals surface area (Å²) in [6.07, 6.45) is 3.08. The quantitative estimate of drug-likeness (QED) is 0.443. The van der Waals surface area contributed by atoms with Crippen LogP contribution in [0.2, 0.25) is 0 Å². The SMILES string of the molecule is C=C(C)C(=O)OC1(CCCCF)CCCC1O. The third kappa shape index (κ3) is 3.53. The summed E-state index contributed by atoms with van der Waals surface area (Å²) in [6, 6.07) is 0. The summed E-state index contributed by atoms with van der Waals surface area (Å²) in [6.45, 7) is 4.74. The minimum Gasteiger partial charge on any atom is -0.453 e. The molecule has 1 saturated carbocycles. The molecule has 17 heavy (non-hydrogen) atoms. The lowest BCUT2D eigenvalue weighted by molar-refractivity contribution is -0.166. The lowest BCUT2D eigenvalue weighted by Crippen LogP contribution is -2.42. The van der Waals surface area contributed by atoms with Gasteiger partial charge in [0.15, 0.2) is 0 Å². The van der Waals surface area contributed by atoms with E-state index in [4.69, 9.17) is 4.74 Å². The molecule has 1 aliphatic carbocycles. The van der Waals surface area contributed by atoms with E-state index >= 15 is 0 Å². The lowest BCUT2D eigenvalue weighted by Gasteiger charge is -2.32. The Hall–Kier alpha value is -0.900. The summed E-state index contributed by atoms with van der Waals surface area (Å²) in [5, 5.41) is 9.97. The van der Waals surface area contributed by atoms with Gasteiger partial charge in [-0.15, -0.1) is 0 Å². The number of carbonyl (C=O) groups excluding carboxylic acids is 1. The van der Waals surface area contributed by atoms with Crippen molar-refractivity contribution >= 4 is 5.97 Å². The molecular weight excluding hydrogens is 223 g/mol. The number of carbonyl (C=O) groups is 1. The zero-order valence-electron chi connectivity index (χ0n) is 10.4. The van der Waals surface area contributed by atoms with Crippen molar-refractivity contribution in [2.75, 3.05) is 6.67 Å². The van der Waals surface area contributed by atoms with Crippen LogP contribution in [-0.4, -0.2) is 29.5 Å². The Balaban J connectivity index is 2.65. The van der Waals surface area contributed by atoms with Crippen molar-refractivity contribution in [1.82, 2.24) is 0 Å². The fourth-order valence-electron chi connectivity index (χ4n) is 2.28. The van der Waals surface area contributed by atoms with Crippen molar-refractivity contribution in [3.05, 3.63) is 12.2 Å². The van der Waals surface area contributed by atoms with E-state index in [2.05, 4.69) is 6.58 Å². The molecule has 0 saturated heterocycles. The fraction of sp³-hybridized carbons (Fsp3) is 0.769. The van der Waals surface area contributed by atoms with Gasteiger partial charge < -0.3 is 9.84 Å². The predicted octanol–water partition coefficient (Wildman–Crippen LogP) is 2.53. The molecule has 0 heterocycles. The van der Waals surface area contributed by atoms with Crippen molar-refractivity contribution in [2.45, 2.75) is 57.2 Å². The Morgan fingerprint density at radius 2 is 2.29 bits per heavy atom. The molecule has 2 atom stereocenters. The van der Waals surface area contributed by atoms with Gasteiger partial charge in [0.05, 0.1) is 12.8 Å². The number of rotatable bonds is 6. The van der Waals surface area contributed by atoms with Gasteiger partial charge in [-0.05, 0) is 45.4 Å². The number of hydrogen-bond donors (Lipinski definition) is 1. The molecular formula is C13H21FO3. The molecule has 1 fully saturated rings. The van der Waals surface area contributed by atoms with Gasteiger partial charge in [0.2, 0.25) is 0 Å². The first-order valence-electron chi connectivity index (χ1n) is 6.15. The average Bonchev–Trinajstić information content (AvgIpc) is 2.61. The third-order valence-electron chi connectivity index (χ3n) is 3.31. The van der Waals surface area contributed by atoms with Crippen LogP contribution in [-0.2, 0) is 9.53 Å². The van der Waals surface area contributed by atoms with E-state index < -0.39 is 17.7 Å². The van der Waals surface area contributed by atoms with Gasteiger partial charge >= 0.3 is 5.97 Å². The number of unbranched alkanes of at least 4 members (excludes halogenated alkanes) is 1. The van der Waals surface area contributed by atoms with Crippen molar-refractivity contribution < 1.29 is 19.0 Å². The second kappa shape index (κ2) is 6.15. The summed E-state index contributed by atoms with van der Waals surface area (Å²) < 4.78 is 17.5. The highest BCUT2D eigenvalue weighted by Crippen LogP contribution is 2.38. The van der Waals surface area contributed by atoms with E-state index in [-0.39, 0.29) is 6.67 Å². The highest BCUT2D eigenvalue weighted by Gasteiger charge is 2.45. The Labute approximate surface area is 102 Å². The molecule has 0 aromatic rings. The summed E-state index contributed by atoms with van der Waals surface area (Å²) in [4.78, 5) is 11.6. The second-order valence-electron chi connectivity index (χ2n) is 4.79.